The molecule has 2 rings (SSSR count). The van der Waals surface area contributed by atoms with Gasteiger partial charge < -0.3 is 21.1 Å². The van der Waals surface area contributed by atoms with E-state index >= 15 is 0 Å². The van der Waals surface area contributed by atoms with Gasteiger partial charge in [0.15, 0.2) is 0 Å². The molecule has 1 amide bonds. The van der Waals surface area contributed by atoms with Crippen LogP contribution in [0.5, 0.6) is 5.75 Å². The zero-order chi connectivity index (χ0) is 21.3. The number of alkyl halides is 3. The molecule has 0 aliphatic rings. The fourth-order valence-electron chi connectivity index (χ4n) is 2.40. The van der Waals surface area contributed by atoms with Crippen molar-refractivity contribution in [1.29, 1.82) is 0 Å². The summed E-state index contributed by atoms with van der Waals surface area (Å²) in [4.78, 5) is 12.2. The Morgan fingerprint density at radius 3 is 2.41 bits per heavy atom. The van der Waals surface area contributed by atoms with Crippen molar-refractivity contribution in [2.45, 2.75) is 31.1 Å². The van der Waals surface area contributed by atoms with Gasteiger partial charge in [0.05, 0.1) is 6.04 Å². The topological polar surface area (TPSA) is 76.4 Å². The van der Waals surface area contributed by atoms with E-state index in [1.165, 1.54) is 29.8 Å². The molecule has 0 saturated carbocycles. The average Bonchev–Trinajstić information content (AvgIpc) is 2.67. The van der Waals surface area contributed by atoms with E-state index in [0.717, 1.165) is 5.75 Å². The Morgan fingerprint density at radius 2 is 1.79 bits per heavy atom. The fraction of sp³-hybridized carbons (Fsp3) is 0.350. The number of amides is 1. The van der Waals surface area contributed by atoms with Crippen molar-refractivity contribution < 1.29 is 22.7 Å². The van der Waals surface area contributed by atoms with Crippen LogP contribution in [0, 0.1) is 0 Å². The third kappa shape index (κ3) is 9.10. The van der Waals surface area contributed by atoms with E-state index in [1.807, 2.05) is 37.3 Å². The first-order valence-electron chi connectivity index (χ1n) is 9.00. The number of thioether (sulfide) groups is 1. The van der Waals surface area contributed by atoms with Crippen LogP contribution in [0.1, 0.15) is 12.5 Å². The molecule has 0 aliphatic heterocycles. The van der Waals surface area contributed by atoms with Crippen LogP contribution in [0.2, 0.25) is 0 Å². The summed E-state index contributed by atoms with van der Waals surface area (Å²) in [6.45, 7) is 2.21. The molecule has 2 aromatic carbocycles. The second-order valence-corrected chi connectivity index (χ2v) is 7.50. The van der Waals surface area contributed by atoms with E-state index in [9.17, 15) is 18.0 Å². The normalized spacial score (nSPS) is 13.4. The lowest BCUT2D eigenvalue weighted by molar-refractivity contribution is -0.274. The van der Waals surface area contributed by atoms with Crippen LogP contribution >= 0.6 is 11.8 Å². The first-order valence-corrected chi connectivity index (χ1v) is 10.2. The van der Waals surface area contributed by atoms with Gasteiger partial charge in [-0.15, -0.1) is 13.2 Å². The number of nitrogens with one attached hydrogen (secondary N) is 2. The van der Waals surface area contributed by atoms with Gasteiger partial charge in [-0.3, -0.25) is 4.79 Å². The molecule has 9 heteroatoms. The van der Waals surface area contributed by atoms with Gasteiger partial charge in [-0.2, -0.15) is 11.8 Å². The Bertz CT molecular complexity index is 758. The molecule has 2 atom stereocenters. The van der Waals surface area contributed by atoms with Crippen LogP contribution < -0.4 is 21.1 Å². The molecule has 158 valence electrons. The number of carbonyl (C=O) groups is 1. The van der Waals surface area contributed by atoms with Crippen LogP contribution in [0.25, 0.3) is 0 Å². The summed E-state index contributed by atoms with van der Waals surface area (Å²) in [5.41, 5.74) is 7.73. The third-order valence-electron chi connectivity index (χ3n) is 3.83. The standard InChI is InChI=1S/C20H24F3N3O2S/c1-14(11-25-16-7-9-17(10-8-16)28-20(21,22)23)26-19(27)18(24)13-29-12-15-5-3-2-4-6-15/h2-10,14,18,25H,11-13,24H2,1H3,(H,26,27)/t14-,18-/m0/s1. The molecule has 0 heterocycles. The zero-order valence-electron chi connectivity index (χ0n) is 15.9. The van der Waals surface area contributed by atoms with Crippen molar-refractivity contribution in [2.75, 3.05) is 17.6 Å². The second kappa shape index (κ2) is 11.0. The quantitative estimate of drug-likeness (QED) is 0.538. The van der Waals surface area contributed by atoms with E-state index in [0.29, 0.717) is 18.0 Å². The molecule has 29 heavy (non-hydrogen) atoms. The number of anilines is 1. The average molecular weight is 427 g/mol. The molecular weight excluding hydrogens is 403 g/mol. The van der Waals surface area contributed by atoms with Gasteiger partial charge >= 0.3 is 6.36 Å². The number of rotatable bonds is 10. The molecular formula is C20H24F3N3O2S. The lowest BCUT2D eigenvalue weighted by Gasteiger charge is -2.18. The van der Waals surface area contributed by atoms with Crippen LogP contribution in [-0.2, 0) is 10.5 Å². The van der Waals surface area contributed by atoms with Crippen molar-refractivity contribution in [1.82, 2.24) is 5.32 Å². The summed E-state index contributed by atoms with van der Waals surface area (Å²) in [5, 5.41) is 5.87. The smallest absolute Gasteiger partial charge is 0.406 e. The molecule has 0 aromatic heterocycles. The highest BCUT2D eigenvalue weighted by Gasteiger charge is 2.30. The van der Waals surface area contributed by atoms with E-state index in [-0.39, 0.29) is 17.7 Å². The Kier molecular flexibility index (Phi) is 8.66. The molecule has 0 bridgehead atoms. The van der Waals surface area contributed by atoms with Gasteiger partial charge in [0, 0.05) is 29.8 Å². The molecule has 0 saturated heterocycles. The number of halogens is 3. The summed E-state index contributed by atoms with van der Waals surface area (Å²) < 4.78 is 40.3. The highest BCUT2D eigenvalue weighted by Crippen LogP contribution is 2.23. The molecule has 0 aliphatic carbocycles. The number of hydrogen-bond acceptors (Lipinski definition) is 5. The van der Waals surface area contributed by atoms with E-state index in [4.69, 9.17) is 5.73 Å². The number of benzene rings is 2. The molecule has 4 N–H and O–H groups in total. The summed E-state index contributed by atoms with van der Waals surface area (Å²) in [7, 11) is 0. The number of hydrogen-bond donors (Lipinski definition) is 3. The van der Waals surface area contributed by atoms with Gasteiger partial charge in [-0.1, -0.05) is 30.3 Å². The van der Waals surface area contributed by atoms with Crippen molar-refractivity contribution in [3.63, 3.8) is 0 Å². The molecule has 2 aromatic rings. The maximum atomic E-state index is 12.2. The maximum absolute atomic E-state index is 12.2. The van der Waals surface area contributed by atoms with Crippen molar-refractivity contribution in [3.8, 4) is 5.75 Å². The first kappa shape index (κ1) is 22.9. The lowest BCUT2D eigenvalue weighted by atomic mass is 10.2. The summed E-state index contributed by atoms with van der Waals surface area (Å²) in [6.07, 6.45) is -4.72. The van der Waals surface area contributed by atoms with Gasteiger partial charge in [0.2, 0.25) is 5.91 Å². The fourth-order valence-corrected chi connectivity index (χ4v) is 3.35. The van der Waals surface area contributed by atoms with E-state index in [1.54, 1.807) is 11.8 Å². The molecule has 5 nitrogen and oxygen atoms in total. The van der Waals surface area contributed by atoms with Crippen LogP contribution in [-0.4, -0.2) is 36.7 Å². The van der Waals surface area contributed by atoms with Crippen LogP contribution in [0.3, 0.4) is 0 Å². The molecule has 0 radical (unpaired) electrons. The van der Waals surface area contributed by atoms with E-state index in [2.05, 4.69) is 15.4 Å². The Balaban J connectivity index is 1.68. The number of ether oxygens (including phenoxy) is 1. The first-order chi connectivity index (χ1) is 13.7. The van der Waals surface area contributed by atoms with Gasteiger partial charge in [-0.25, -0.2) is 0 Å². The van der Waals surface area contributed by atoms with Crippen molar-refractivity contribution in [2.24, 2.45) is 5.73 Å². The minimum absolute atomic E-state index is 0.209. The van der Waals surface area contributed by atoms with Crippen molar-refractivity contribution >= 4 is 23.4 Å². The highest BCUT2D eigenvalue weighted by molar-refractivity contribution is 7.98. The number of carbonyl (C=O) groups excluding carboxylic acids is 1. The van der Waals surface area contributed by atoms with Crippen LogP contribution in [0.15, 0.2) is 54.6 Å². The number of nitrogens with two attached hydrogens (primary N) is 1. The summed E-state index contributed by atoms with van der Waals surface area (Å²) in [5.74, 6) is 0.756. The van der Waals surface area contributed by atoms with Gasteiger partial charge in [0.25, 0.3) is 0 Å². The lowest BCUT2D eigenvalue weighted by Crippen LogP contribution is -2.47. The Hall–Kier alpha value is -2.39. The Morgan fingerprint density at radius 1 is 1.14 bits per heavy atom. The van der Waals surface area contributed by atoms with Gasteiger partial charge in [0.1, 0.15) is 5.75 Å². The predicted molar refractivity (Wildman–Crippen MR) is 110 cm³/mol. The van der Waals surface area contributed by atoms with E-state index < -0.39 is 12.4 Å². The monoisotopic (exact) mass is 427 g/mol. The maximum Gasteiger partial charge on any atom is 0.573 e. The molecule has 0 unspecified atom stereocenters. The predicted octanol–water partition coefficient (Wildman–Crippen LogP) is 3.76. The third-order valence-corrected chi connectivity index (χ3v) is 4.97. The minimum atomic E-state index is -4.72. The second-order valence-electron chi connectivity index (χ2n) is 6.47. The zero-order valence-corrected chi connectivity index (χ0v) is 16.7. The summed E-state index contributed by atoms with van der Waals surface area (Å²) >= 11 is 1.59. The SMILES string of the molecule is C[C@@H](CNc1ccc(OC(F)(F)F)cc1)NC(=O)[C@@H](N)CSCc1ccccc1. The Labute approximate surface area is 172 Å². The highest BCUT2D eigenvalue weighted by atomic mass is 32.2. The van der Waals surface area contributed by atoms with Crippen LogP contribution in [0.4, 0.5) is 18.9 Å². The van der Waals surface area contributed by atoms with Crippen molar-refractivity contribution in [3.05, 3.63) is 60.2 Å². The van der Waals surface area contributed by atoms with Gasteiger partial charge in [-0.05, 0) is 36.8 Å². The largest absolute Gasteiger partial charge is 0.573 e. The summed E-state index contributed by atoms with van der Waals surface area (Å²) in [6, 6.07) is 14.5. The molecule has 0 spiro atoms. The molecule has 0 fully saturated rings. The minimum Gasteiger partial charge on any atom is -0.406 e.